The van der Waals surface area contributed by atoms with Gasteiger partial charge in [-0.25, -0.2) is 0 Å². The Labute approximate surface area is 335 Å². The maximum atomic E-state index is 6.24. The molecule has 2 heterocycles. The maximum Gasteiger partial charge on any atom is 0.121 e. The Balaban J connectivity index is 0.987. The van der Waals surface area contributed by atoms with Crippen LogP contribution in [0.1, 0.15) is 56.7 Å². The molecular formula is C46H38Cl2N2O2S2. The van der Waals surface area contributed by atoms with Crippen LogP contribution in [0.15, 0.2) is 153 Å². The minimum absolute atomic E-state index is 0.210. The van der Waals surface area contributed by atoms with Gasteiger partial charge >= 0.3 is 0 Å². The first kappa shape index (κ1) is 36.5. The standard InChI is InChI=1S/C46H38Cl2N2O2S2/c1-51-37-21-23-43-41(25-37)49-39(27-45(53-43)33-13-17-35(47)18-14-33)31-9-5-29(6-10-31)3-4-30-7-11-32(12-8-30)40-28-46(34-15-19-36(48)20-16-34)54-44-24-22-38(52-2)26-42(44)50-40/h5-26,45-46H,3-4,27-28H2,1-2H3. The van der Waals surface area contributed by atoms with Crippen LogP contribution < -0.4 is 9.47 Å². The summed E-state index contributed by atoms with van der Waals surface area (Å²) in [4.78, 5) is 12.7. The second-order valence-corrected chi connectivity index (χ2v) is 16.8. The summed E-state index contributed by atoms with van der Waals surface area (Å²) in [5, 5.41) is 1.91. The van der Waals surface area contributed by atoms with Crippen molar-refractivity contribution < 1.29 is 9.47 Å². The highest BCUT2D eigenvalue weighted by atomic mass is 35.5. The van der Waals surface area contributed by atoms with Gasteiger partial charge in [0.1, 0.15) is 11.5 Å². The van der Waals surface area contributed by atoms with E-state index in [0.29, 0.717) is 0 Å². The van der Waals surface area contributed by atoms with Gasteiger partial charge in [0.05, 0.1) is 25.6 Å². The van der Waals surface area contributed by atoms with Crippen LogP contribution in [-0.4, -0.2) is 25.6 Å². The zero-order chi connectivity index (χ0) is 37.0. The number of hydrogen-bond acceptors (Lipinski definition) is 6. The molecule has 2 aliphatic heterocycles. The lowest BCUT2D eigenvalue weighted by Crippen LogP contribution is -2.06. The molecule has 6 aromatic carbocycles. The van der Waals surface area contributed by atoms with E-state index in [0.717, 1.165) is 90.9 Å². The van der Waals surface area contributed by atoms with Crippen LogP contribution in [0.2, 0.25) is 10.0 Å². The van der Waals surface area contributed by atoms with Gasteiger partial charge in [-0.2, -0.15) is 0 Å². The molecule has 0 bridgehead atoms. The Bertz CT molecular complexity index is 2160. The fourth-order valence-electron chi connectivity index (χ4n) is 6.85. The minimum Gasteiger partial charge on any atom is -0.497 e. The summed E-state index contributed by atoms with van der Waals surface area (Å²) in [6.45, 7) is 0. The quantitative estimate of drug-likeness (QED) is 0.146. The van der Waals surface area contributed by atoms with Gasteiger partial charge in [0.2, 0.25) is 0 Å². The van der Waals surface area contributed by atoms with Crippen molar-refractivity contribution in [3.63, 3.8) is 0 Å². The van der Waals surface area contributed by atoms with E-state index in [9.17, 15) is 0 Å². The van der Waals surface area contributed by atoms with Crippen LogP contribution in [0.25, 0.3) is 0 Å². The molecule has 0 saturated carbocycles. The molecule has 6 aromatic rings. The van der Waals surface area contributed by atoms with E-state index >= 15 is 0 Å². The predicted molar refractivity (Wildman–Crippen MR) is 228 cm³/mol. The lowest BCUT2D eigenvalue weighted by atomic mass is 9.97. The number of aryl methyl sites for hydroxylation is 2. The Hall–Kier alpha value is -4.46. The van der Waals surface area contributed by atoms with E-state index in [1.54, 1.807) is 14.2 Å². The third kappa shape index (κ3) is 8.43. The van der Waals surface area contributed by atoms with Crippen molar-refractivity contribution in [2.45, 2.75) is 46.0 Å². The zero-order valence-corrected chi connectivity index (χ0v) is 33.1. The van der Waals surface area contributed by atoms with E-state index in [2.05, 4.69) is 84.9 Å². The summed E-state index contributed by atoms with van der Waals surface area (Å²) in [6, 6.07) is 46.5. The molecule has 0 radical (unpaired) electrons. The molecule has 0 N–H and O–H groups in total. The monoisotopic (exact) mass is 784 g/mol. The van der Waals surface area contributed by atoms with Gasteiger partial charge in [0, 0.05) is 66.7 Å². The zero-order valence-electron chi connectivity index (χ0n) is 30.0. The Morgan fingerprint density at radius 1 is 0.519 bits per heavy atom. The molecule has 8 rings (SSSR count). The van der Waals surface area contributed by atoms with Crippen molar-refractivity contribution in [1.82, 2.24) is 0 Å². The van der Waals surface area contributed by atoms with Gasteiger partial charge in [0.15, 0.2) is 0 Å². The average Bonchev–Trinajstić information content (AvgIpc) is 3.53. The molecular weight excluding hydrogens is 748 g/mol. The Kier molecular flexibility index (Phi) is 11.2. The largest absolute Gasteiger partial charge is 0.497 e. The van der Waals surface area contributed by atoms with Crippen molar-refractivity contribution in [1.29, 1.82) is 0 Å². The molecule has 2 atom stereocenters. The molecule has 8 heteroatoms. The van der Waals surface area contributed by atoms with Crippen LogP contribution in [0.3, 0.4) is 0 Å². The van der Waals surface area contributed by atoms with Crippen LogP contribution in [-0.2, 0) is 12.8 Å². The third-order valence-corrected chi connectivity index (χ3v) is 13.0. The van der Waals surface area contributed by atoms with Gasteiger partial charge < -0.3 is 9.47 Å². The highest BCUT2D eigenvalue weighted by Gasteiger charge is 2.25. The van der Waals surface area contributed by atoms with E-state index in [-0.39, 0.29) is 10.5 Å². The normalized spacial score (nSPS) is 16.6. The fraction of sp³-hybridized carbons (Fsp3) is 0.174. The number of benzene rings is 6. The summed E-state index contributed by atoms with van der Waals surface area (Å²) in [7, 11) is 3.39. The van der Waals surface area contributed by atoms with E-state index in [1.165, 1.54) is 22.3 Å². The molecule has 0 aliphatic carbocycles. The number of methoxy groups -OCH3 is 2. The minimum atomic E-state index is 0.210. The van der Waals surface area contributed by atoms with E-state index in [1.807, 2.05) is 72.1 Å². The number of aliphatic imine (C=N–C) groups is 2. The second-order valence-electron chi connectivity index (χ2n) is 13.4. The fourth-order valence-corrected chi connectivity index (χ4v) is 9.53. The van der Waals surface area contributed by atoms with Crippen LogP contribution in [0.5, 0.6) is 11.5 Å². The topological polar surface area (TPSA) is 43.2 Å². The summed E-state index contributed by atoms with van der Waals surface area (Å²) in [5.74, 6) is 1.61. The van der Waals surface area contributed by atoms with Gasteiger partial charge in [0.25, 0.3) is 0 Å². The number of rotatable bonds is 9. The third-order valence-electron chi connectivity index (χ3n) is 9.90. The number of nitrogens with zero attached hydrogens (tertiary/aromatic N) is 2. The van der Waals surface area contributed by atoms with Gasteiger partial charge in [-0.3, -0.25) is 9.98 Å². The molecule has 2 aliphatic rings. The summed E-state index contributed by atoms with van der Waals surface area (Å²) in [5.41, 5.74) is 11.3. The Morgan fingerprint density at radius 2 is 0.907 bits per heavy atom. The number of halogens is 2. The van der Waals surface area contributed by atoms with Crippen LogP contribution in [0, 0.1) is 0 Å². The van der Waals surface area contributed by atoms with Crippen molar-refractivity contribution in [2.75, 3.05) is 14.2 Å². The maximum absolute atomic E-state index is 6.24. The highest BCUT2D eigenvalue weighted by molar-refractivity contribution is 8.00. The highest BCUT2D eigenvalue weighted by Crippen LogP contribution is 2.48. The molecule has 2 unspecified atom stereocenters. The van der Waals surface area contributed by atoms with Crippen molar-refractivity contribution in [3.05, 3.63) is 177 Å². The summed E-state index contributed by atoms with van der Waals surface area (Å²) >= 11 is 16.2. The average molecular weight is 786 g/mol. The van der Waals surface area contributed by atoms with Crippen molar-refractivity contribution in [2.24, 2.45) is 9.98 Å². The number of hydrogen-bond donors (Lipinski definition) is 0. The Morgan fingerprint density at radius 3 is 1.28 bits per heavy atom. The molecule has 0 aromatic heterocycles. The van der Waals surface area contributed by atoms with E-state index < -0.39 is 0 Å². The van der Waals surface area contributed by atoms with Crippen LogP contribution in [0.4, 0.5) is 11.4 Å². The van der Waals surface area contributed by atoms with Crippen LogP contribution >= 0.6 is 46.7 Å². The summed E-state index contributed by atoms with van der Waals surface area (Å²) < 4.78 is 11.1. The molecule has 4 nitrogen and oxygen atoms in total. The molecule has 270 valence electrons. The first-order chi connectivity index (χ1) is 26.4. The lowest BCUT2D eigenvalue weighted by Gasteiger charge is -2.17. The lowest BCUT2D eigenvalue weighted by molar-refractivity contribution is 0.414. The number of fused-ring (bicyclic) bond motifs is 2. The smallest absolute Gasteiger partial charge is 0.121 e. The predicted octanol–water partition coefficient (Wildman–Crippen LogP) is 13.5. The van der Waals surface area contributed by atoms with E-state index in [4.69, 9.17) is 42.7 Å². The molecule has 0 spiro atoms. The molecule has 0 saturated heterocycles. The van der Waals surface area contributed by atoms with Gasteiger partial charge in [-0.15, -0.1) is 23.5 Å². The molecule has 54 heavy (non-hydrogen) atoms. The first-order valence-electron chi connectivity index (χ1n) is 17.9. The number of ether oxygens (including phenoxy) is 2. The van der Waals surface area contributed by atoms with Crippen molar-refractivity contribution in [3.8, 4) is 11.5 Å². The SMILES string of the molecule is COc1ccc2c(c1)N=C(c1ccc(CCc3ccc(C4=Nc5cc(OC)ccc5SC(c5ccc(Cl)cc5)C4)cc3)cc1)CC(c1ccc(Cl)cc1)S2. The molecule has 0 fully saturated rings. The number of thioether (sulfide) groups is 2. The summed E-state index contributed by atoms with van der Waals surface area (Å²) in [6.07, 6.45) is 3.49. The van der Waals surface area contributed by atoms with Gasteiger partial charge in [-0.05, 0) is 94.8 Å². The van der Waals surface area contributed by atoms with Gasteiger partial charge in [-0.1, -0.05) is 96.0 Å². The first-order valence-corrected chi connectivity index (χ1v) is 20.5. The molecule has 0 amide bonds. The van der Waals surface area contributed by atoms with Crippen molar-refractivity contribution >= 4 is 69.5 Å². The second kappa shape index (κ2) is 16.5.